The highest BCUT2D eigenvalue weighted by Crippen LogP contribution is 2.55. The van der Waals surface area contributed by atoms with Gasteiger partial charge in [-0.3, -0.25) is 11.3 Å². The summed E-state index contributed by atoms with van der Waals surface area (Å²) in [4.78, 5) is 0. The number of nitrogens with two attached hydrogens (primary N) is 1. The van der Waals surface area contributed by atoms with Crippen molar-refractivity contribution in [3.63, 3.8) is 0 Å². The lowest BCUT2D eigenvalue weighted by Crippen LogP contribution is -2.42. The van der Waals surface area contributed by atoms with Crippen LogP contribution in [0.15, 0.2) is 22.8 Å². The fourth-order valence-electron chi connectivity index (χ4n) is 3.10. The van der Waals surface area contributed by atoms with Crippen LogP contribution in [-0.4, -0.2) is 6.04 Å². The van der Waals surface area contributed by atoms with Gasteiger partial charge in [-0.25, -0.2) is 0 Å². The summed E-state index contributed by atoms with van der Waals surface area (Å²) in [6.07, 6.45) is 6.84. The molecule has 0 amide bonds. The average Bonchev–Trinajstić information content (AvgIpc) is 2.73. The van der Waals surface area contributed by atoms with Crippen LogP contribution in [0.2, 0.25) is 0 Å². The summed E-state index contributed by atoms with van der Waals surface area (Å²) in [5.41, 5.74) is 2.96. The van der Waals surface area contributed by atoms with E-state index in [9.17, 15) is 0 Å². The standard InChI is InChI=1S/C12H18N2O/c13-14-12(7-11-2-1-3-15-11)10-5-8-4-9(8)6-10/h1-3,8-10,12,14H,4-7,13H2. The molecule has 2 saturated carbocycles. The SMILES string of the molecule is NNC(Cc1ccco1)C1CC2CC2C1. The van der Waals surface area contributed by atoms with Crippen molar-refractivity contribution in [3.05, 3.63) is 24.2 Å². The molecule has 0 radical (unpaired) electrons. The van der Waals surface area contributed by atoms with Gasteiger partial charge in [-0.15, -0.1) is 0 Å². The molecule has 3 heteroatoms. The first kappa shape index (κ1) is 9.43. The van der Waals surface area contributed by atoms with Gasteiger partial charge in [-0.1, -0.05) is 0 Å². The van der Waals surface area contributed by atoms with Gasteiger partial charge in [0.15, 0.2) is 0 Å². The van der Waals surface area contributed by atoms with E-state index >= 15 is 0 Å². The van der Waals surface area contributed by atoms with Crippen molar-refractivity contribution in [2.45, 2.75) is 31.7 Å². The largest absolute Gasteiger partial charge is 0.469 e. The normalized spacial score (nSPS) is 35.1. The van der Waals surface area contributed by atoms with Crippen LogP contribution in [0.3, 0.4) is 0 Å². The third-order valence-electron chi connectivity index (χ3n) is 4.06. The maximum Gasteiger partial charge on any atom is 0.105 e. The van der Waals surface area contributed by atoms with E-state index in [1.165, 1.54) is 19.3 Å². The van der Waals surface area contributed by atoms with Crippen molar-refractivity contribution in [3.8, 4) is 0 Å². The molecule has 3 rings (SSSR count). The molecule has 0 bridgehead atoms. The molecular formula is C12H18N2O. The second-order valence-electron chi connectivity index (χ2n) is 5.04. The number of hydrogen-bond donors (Lipinski definition) is 2. The van der Waals surface area contributed by atoms with E-state index < -0.39 is 0 Å². The number of nitrogens with one attached hydrogen (secondary N) is 1. The average molecular weight is 206 g/mol. The van der Waals surface area contributed by atoms with E-state index in [4.69, 9.17) is 10.3 Å². The van der Waals surface area contributed by atoms with Crippen LogP contribution >= 0.6 is 0 Å². The summed E-state index contributed by atoms with van der Waals surface area (Å²) in [5.74, 6) is 9.46. The molecule has 82 valence electrons. The van der Waals surface area contributed by atoms with E-state index in [1.54, 1.807) is 6.26 Å². The zero-order valence-corrected chi connectivity index (χ0v) is 8.86. The number of hydrazine groups is 1. The van der Waals surface area contributed by atoms with Crippen LogP contribution in [0.25, 0.3) is 0 Å². The molecule has 3 atom stereocenters. The quantitative estimate of drug-likeness (QED) is 0.582. The maximum atomic E-state index is 5.64. The highest BCUT2D eigenvalue weighted by atomic mass is 16.3. The lowest BCUT2D eigenvalue weighted by Gasteiger charge is -2.22. The summed E-state index contributed by atoms with van der Waals surface area (Å²) in [5, 5.41) is 0. The third-order valence-corrected chi connectivity index (χ3v) is 4.06. The van der Waals surface area contributed by atoms with E-state index in [1.807, 2.05) is 12.1 Å². The highest BCUT2D eigenvalue weighted by Gasteiger charge is 2.47. The molecule has 0 aromatic carbocycles. The van der Waals surface area contributed by atoms with Crippen molar-refractivity contribution < 1.29 is 4.42 Å². The molecule has 1 aromatic rings. The minimum Gasteiger partial charge on any atom is -0.469 e. The zero-order valence-electron chi connectivity index (χ0n) is 8.86. The van der Waals surface area contributed by atoms with Crippen molar-refractivity contribution >= 4 is 0 Å². The van der Waals surface area contributed by atoms with E-state index in [0.29, 0.717) is 6.04 Å². The fraction of sp³-hybridized carbons (Fsp3) is 0.667. The molecule has 0 spiro atoms. The Morgan fingerprint density at radius 3 is 2.80 bits per heavy atom. The molecule has 3 unspecified atom stereocenters. The molecule has 1 heterocycles. The maximum absolute atomic E-state index is 5.64. The number of rotatable bonds is 4. The molecule has 0 saturated heterocycles. The minimum atomic E-state index is 0.393. The topological polar surface area (TPSA) is 51.2 Å². The van der Waals surface area contributed by atoms with Crippen LogP contribution in [0, 0.1) is 17.8 Å². The monoisotopic (exact) mass is 206 g/mol. The van der Waals surface area contributed by atoms with Gasteiger partial charge in [-0.05, 0) is 49.1 Å². The van der Waals surface area contributed by atoms with Crippen LogP contribution in [0.5, 0.6) is 0 Å². The van der Waals surface area contributed by atoms with Crippen LogP contribution in [0.4, 0.5) is 0 Å². The number of hydrogen-bond acceptors (Lipinski definition) is 3. The van der Waals surface area contributed by atoms with Crippen molar-refractivity contribution in [2.24, 2.45) is 23.6 Å². The molecule has 3 N–H and O–H groups in total. The van der Waals surface area contributed by atoms with Crippen molar-refractivity contribution in [1.82, 2.24) is 5.43 Å². The van der Waals surface area contributed by atoms with Crippen molar-refractivity contribution in [2.75, 3.05) is 0 Å². The van der Waals surface area contributed by atoms with E-state index in [2.05, 4.69) is 5.43 Å². The molecule has 15 heavy (non-hydrogen) atoms. The van der Waals surface area contributed by atoms with Gasteiger partial charge in [0.05, 0.1) is 6.26 Å². The van der Waals surface area contributed by atoms with Crippen LogP contribution in [-0.2, 0) is 6.42 Å². The Bertz CT molecular complexity index is 312. The van der Waals surface area contributed by atoms with Gasteiger partial charge in [0.2, 0.25) is 0 Å². The summed E-state index contributed by atoms with van der Waals surface area (Å²) in [7, 11) is 0. The molecule has 1 aromatic heterocycles. The predicted octanol–water partition coefficient (Wildman–Crippen LogP) is 1.70. The number of furan rings is 1. The Labute approximate surface area is 90.0 Å². The fourth-order valence-corrected chi connectivity index (χ4v) is 3.10. The van der Waals surface area contributed by atoms with Crippen LogP contribution < -0.4 is 11.3 Å². The Balaban J connectivity index is 1.61. The first-order valence-corrected chi connectivity index (χ1v) is 5.85. The van der Waals surface area contributed by atoms with Crippen molar-refractivity contribution in [1.29, 1.82) is 0 Å². The minimum absolute atomic E-state index is 0.393. The summed E-state index contributed by atoms with van der Waals surface area (Å²) in [6, 6.07) is 4.36. The van der Waals surface area contributed by atoms with Gasteiger partial charge in [-0.2, -0.15) is 0 Å². The Hall–Kier alpha value is -0.800. The van der Waals surface area contributed by atoms with Gasteiger partial charge >= 0.3 is 0 Å². The molecular weight excluding hydrogens is 188 g/mol. The van der Waals surface area contributed by atoms with Gasteiger partial charge in [0.25, 0.3) is 0 Å². The Morgan fingerprint density at radius 1 is 1.40 bits per heavy atom. The second kappa shape index (κ2) is 3.65. The third kappa shape index (κ3) is 1.82. The Kier molecular flexibility index (Phi) is 2.29. The molecule has 2 aliphatic rings. The molecule has 2 aliphatic carbocycles. The highest BCUT2D eigenvalue weighted by molar-refractivity contribution is 5.04. The summed E-state index contributed by atoms with van der Waals surface area (Å²) < 4.78 is 5.37. The first-order chi connectivity index (χ1) is 7.36. The summed E-state index contributed by atoms with van der Waals surface area (Å²) >= 11 is 0. The first-order valence-electron chi connectivity index (χ1n) is 5.85. The van der Waals surface area contributed by atoms with Gasteiger partial charge in [0.1, 0.15) is 5.76 Å². The lowest BCUT2D eigenvalue weighted by molar-refractivity contribution is 0.319. The van der Waals surface area contributed by atoms with E-state index in [-0.39, 0.29) is 0 Å². The molecule has 0 aliphatic heterocycles. The Morgan fingerprint density at radius 2 is 2.20 bits per heavy atom. The van der Waals surface area contributed by atoms with Crippen LogP contribution in [0.1, 0.15) is 25.0 Å². The molecule has 2 fully saturated rings. The second-order valence-corrected chi connectivity index (χ2v) is 5.04. The number of fused-ring (bicyclic) bond motifs is 1. The van der Waals surface area contributed by atoms with E-state index in [0.717, 1.165) is 29.9 Å². The van der Waals surface area contributed by atoms with Gasteiger partial charge in [0, 0.05) is 12.5 Å². The van der Waals surface area contributed by atoms with Gasteiger partial charge < -0.3 is 4.42 Å². The summed E-state index contributed by atoms with van der Waals surface area (Å²) in [6.45, 7) is 0. The lowest BCUT2D eigenvalue weighted by atomic mass is 9.92. The molecule has 3 nitrogen and oxygen atoms in total. The predicted molar refractivity (Wildman–Crippen MR) is 57.8 cm³/mol. The zero-order chi connectivity index (χ0) is 10.3. The smallest absolute Gasteiger partial charge is 0.105 e.